The first-order valence-electron chi connectivity index (χ1n) is 9.56. The molecule has 0 spiro atoms. The van der Waals surface area contributed by atoms with Gasteiger partial charge < -0.3 is 14.8 Å². The van der Waals surface area contributed by atoms with Crippen molar-refractivity contribution in [2.75, 3.05) is 18.5 Å². The van der Waals surface area contributed by atoms with E-state index >= 15 is 0 Å². The van der Waals surface area contributed by atoms with Crippen LogP contribution in [0.3, 0.4) is 0 Å². The van der Waals surface area contributed by atoms with Crippen LogP contribution in [0, 0.1) is 6.92 Å². The molecular weight excluding hydrogens is 370 g/mol. The van der Waals surface area contributed by atoms with Crippen LogP contribution < -0.4 is 10.1 Å². The summed E-state index contributed by atoms with van der Waals surface area (Å²) in [6.45, 7) is 7.29. The van der Waals surface area contributed by atoms with E-state index in [1.54, 1.807) is 24.3 Å². The zero-order chi connectivity index (χ0) is 21.4. The molecule has 2 rings (SSSR count). The second-order valence-corrected chi connectivity index (χ2v) is 7.08. The smallest absolute Gasteiger partial charge is 0.309 e. The Bertz CT molecular complexity index is 871. The van der Waals surface area contributed by atoms with Gasteiger partial charge in [0.15, 0.2) is 12.4 Å². The fourth-order valence-electron chi connectivity index (χ4n) is 2.77. The van der Waals surface area contributed by atoms with Gasteiger partial charge in [0, 0.05) is 11.3 Å². The minimum Gasteiger partial charge on any atom is -0.493 e. The van der Waals surface area contributed by atoms with Gasteiger partial charge in [-0.3, -0.25) is 14.4 Å². The molecule has 1 N–H and O–H groups in total. The fraction of sp³-hybridized carbons (Fsp3) is 0.348. The Labute approximate surface area is 171 Å². The number of ether oxygens (including phenoxy) is 2. The number of benzene rings is 2. The average Bonchev–Trinajstić information content (AvgIpc) is 2.68. The number of para-hydroxylation sites is 1. The summed E-state index contributed by atoms with van der Waals surface area (Å²) in [7, 11) is 0. The number of carbonyl (C=O) groups is 3. The number of esters is 1. The number of rotatable bonds is 9. The molecule has 6 nitrogen and oxygen atoms in total. The Morgan fingerprint density at radius 3 is 2.34 bits per heavy atom. The first-order chi connectivity index (χ1) is 13.8. The maximum atomic E-state index is 12.2. The molecule has 154 valence electrons. The fourth-order valence-corrected chi connectivity index (χ4v) is 2.77. The van der Waals surface area contributed by atoms with Crippen LogP contribution in [0.15, 0.2) is 42.5 Å². The van der Waals surface area contributed by atoms with Crippen molar-refractivity contribution in [2.45, 2.75) is 40.0 Å². The van der Waals surface area contributed by atoms with Crippen LogP contribution in [0.5, 0.6) is 5.75 Å². The lowest BCUT2D eigenvalue weighted by atomic mass is 9.98. The lowest BCUT2D eigenvalue weighted by molar-refractivity contribution is -0.147. The Hall–Kier alpha value is -3.15. The van der Waals surface area contributed by atoms with E-state index in [-0.39, 0.29) is 37.2 Å². The second-order valence-electron chi connectivity index (χ2n) is 7.08. The van der Waals surface area contributed by atoms with Crippen molar-refractivity contribution in [3.05, 3.63) is 59.2 Å². The maximum Gasteiger partial charge on any atom is 0.309 e. The zero-order valence-corrected chi connectivity index (χ0v) is 17.3. The number of aryl methyl sites for hydroxylation is 1. The third-order valence-electron chi connectivity index (χ3n) is 4.39. The van der Waals surface area contributed by atoms with E-state index in [0.717, 1.165) is 16.8 Å². The molecule has 0 fully saturated rings. The lowest BCUT2D eigenvalue weighted by Gasteiger charge is -2.16. The van der Waals surface area contributed by atoms with Crippen molar-refractivity contribution < 1.29 is 23.9 Å². The van der Waals surface area contributed by atoms with E-state index in [2.05, 4.69) is 19.2 Å². The average molecular weight is 397 g/mol. The molecule has 0 saturated carbocycles. The first-order valence-corrected chi connectivity index (χ1v) is 9.56. The third-order valence-corrected chi connectivity index (χ3v) is 4.39. The predicted molar refractivity (Wildman–Crippen MR) is 111 cm³/mol. The number of anilines is 1. The standard InChI is InChI=1S/C23H27NO5/c1-15(2)20-7-5-6-16(3)23(20)24-21(26)14-29-22(27)12-13-28-19-10-8-18(9-11-19)17(4)25/h5-11,15H,12-14H2,1-4H3,(H,24,26). The van der Waals surface area contributed by atoms with Crippen molar-refractivity contribution >= 4 is 23.3 Å². The third kappa shape index (κ3) is 6.75. The molecule has 6 heteroatoms. The summed E-state index contributed by atoms with van der Waals surface area (Å²) >= 11 is 0. The highest BCUT2D eigenvalue weighted by Gasteiger charge is 2.13. The van der Waals surface area contributed by atoms with E-state index in [4.69, 9.17) is 9.47 Å². The van der Waals surface area contributed by atoms with Gasteiger partial charge in [-0.05, 0) is 55.2 Å². The van der Waals surface area contributed by atoms with E-state index in [1.165, 1.54) is 6.92 Å². The van der Waals surface area contributed by atoms with Gasteiger partial charge in [0.05, 0.1) is 13.0 Å². The monoisotopic (exact) mass is 397 g/mol. The summed E-state index contributed by atoms with van der Waals surface area (Å²) in [5.41, 5.74) is 3.35. The van der Waals surface area contributed by atoms with E-state index in [9.17, 15) is 14.4 Å². The molecule has 1 amide bonds. The normalized spacial score (nSPS) is 10.5. The number of Topliss-reactive ketones (excluding diaryl/α,β-unsaturated/α-hetero) is 1. The number of hydrogen-bond acceptors (Lipinski definition) is 5. The van der Waals surface area contributed by atoms with Crippen LogP contribution in [0.4, 0.5) is 5.69 Å². The highest BCUT2D eigenvalue weighted by atomic mass is 16.5. The van der Waals surface area contributed by atoms with Crippen LogP contribution in [-0.4, -0.2) is 30.9 Å². The summed E-state index contributed by atoms with van der Waals surface area (Å²) < 4.78 is 10.5. The summed E-state index contributed by atoms with van der Waals surface area (Å²) in [6.07, 6.45) is 0.0172. The van der Waals surface area contributed by atoms with Crippen molar-refractivity contribution in [3.8, 4) is 5.75 Å². The van der Waals surface area contributed by atoms with Crippen LogP contribution in [0.25, 0.3) is 0 Å². The van der Waals surface area contributed by atoms with E-state index in [1.807, 2.05) is 25.1 Å². The molecule has 0 aromatic heterocycles. The topological polar surface area (TPSA) is 81.7 Å². The molecule has 0 saturated heterocycles. The van der Waals surface area contributed by atoms with Crippen molar-refractivity contribution in [1.82, 2.24) is 0 Å². The molecule has 0 aliphatic carbocycles. The molecular formula is C23H27NO5. The van der Waals surface area contributed by atoms with E-state index in [0.29, 0.717) is 11.3 Å². The molecule has 0 atom stereocenters. The highest BCUT2D eigenvalue weighted by molar-refractivity contribution is 5.94. The Morgan fingerprint density at radius 1 is 1.03 bits per heavy atom. The SMILES string of the molecule is CC(=O)c1ccc(OCCC(=O)OCC(=O)Nc2c(C)cccc2C(C)C)cc1. The molecule has 0 radical (unpaired) electrons. The summed E-state index contributed by atoms with van der Waals surface area (Å²) in [6, 6.07) is 12.5. The van der Waals surface area contributed by atoms with Gasteiger partial charge in [0.25, 0.3) is 5.91 Å². The van der Waals surface area contributed by atoms with E-state index < -0.39 is 5.97 Å². The number of nitrogens with one attached hydrogen (secondary N) is 1. The van der Waals surface area contributed by atoms with Crippen LogP contribution in [0.1, 0.15) is 54.6 Å². The Balaban J connectivity index is 1.76. The van der Waals surface area contributed by atoms with Gasteiger partial charge in [-0.25, -0.2) is 0 Å². The molecule has 0 bridgehead atoms. The molecule has 2 aromatic rings. The maximum absolute atomic E-state index is 12.2. The van der Waals surface area contributed by atoms with Crippen molar-refractivity contribution in [1.29, 1.82) is 0 Å². The van der Waals surface area contributed by atoms with Gasteiger partial charge >= 0.3 is 5.97 Å². The van der Waals surface area contributed by atoms with Gasteiger partial charge in [-0.2, -0.15) is 0 Å². The van der Waals surface area contributed by atoms with Gasteiger partial charge in [-0.15, -0.1) is 0 Å². The number of amides is 1. The highest BCUT2D eigenvalue weighted by Crippen LogP contribution is 2.27. The summed E-state index contributed by atoms with van der Waals surface area (Å²) in [5, 5.41) is 2.84. The van der Waals surface area contributed by atoms with Gasteiger partial charge in [-0.1, -0.05) is 32.0 Å². The Morgan fingerprint density at radius 2 is 1.72 bits per heavy atom. The number of hydrogen-bond donors (Lipinski definition) is 1. The largest absolute Gasteiger partial charge is 0.493 e. The first kappa shape index (κ1) is 22.1. The minimum atomic E-state index is -0.519. The van der Waals surface area contributed by atoms with Crippen molar-refractivity contribution in [3.63, 3.8) is 0 Å². The van der Waals surface area contributed by atoms with Crippen molar-refractivity contribution in [2.24, 2.45) is 0 Å². The molecule has 2 aromatic carbocycles. The quantitative estimate of drug-likeness (QED) is 0.505. The zero-order valence-electron chi connectivity index (χ0n) is 17.3. The summed E-state index contributed by atoms with van der Waals surface area (Å²) in [4.78, 5) is 35.3. The van der Waals surface area contributed by atoms with Crippen LogP contribution in [-0.2, 0) is 14.3 Å². The molecule has 0 heterocycles. The van der Waals surface area contributed by atoms with Crippen LogP contribution >= 0.6 is 0 Å². The number of ketones is 1. The van der Waals surface area contributed by atoms with Gasteiger partial charge in [0.2, 0.25) is 0 Å². The molecule has 29 heavy (non-hydrogen) atoms. The number of carbonyl (C=O) groups excluding carboxylic acids is 3. The Kier molecular flexibility index (Phi) is 7.95. The summed E-state index contributed by atoms with van der Waals surface area (Å²) in [5.74, 6) is -0.106. The lowest BCUT2D eigenvalue weighted by Crippen LogP contribution is -2.22. The molecule has 0 unspecified atom stereocenters. The predicted octanol–water partition coefficient (Wildman–Crippen LogP) is 4.27. The molecule has 0 aliphatic rings. The van der Waals surface area contributed by atoms with Crippen LogP contribution in [0.2, 0.25) is 0 Å². The molecule has 0 aliphatic heterocycles. The second kappa shape index (κ2) is 10.4. The van der Waals surface area contributed by atoms with Gasteiger partial charge in [0.1, 0.15) is 5.75 Å². The minimum absolute atomic E-state index is 0.0172.